The normalized spacial score (nSPS) is 24.2. The standard InChI is InChI=1S/C10H11N3.C3H8N2/c1-2-7-3-4-8-10(13-6-12-8)9(7)11-5-1;1-2-5-3-4-1/h1-3,5,8,12-13H,4,6H2;4-5H,1-3H2. The molecule has 5 nitrogen and oxygen atoms in total. The van der Waals surface area contributed by atoms with Crippen molar-refractivity contribution >= 4 is 11.8 Å². The van der Waals surface area contributed by atoms with E-state index in [1.807, 2.05) is 12.3 Å². The van der Waals surface area contributed by atoms with Gasteiger partial charge in [-0.15, -0.1) is 0 Å². The highest BCUT2D eigenvalue weighted by Gasteiger charge is 2.22. The molecule has 0 spiro atoms. The minimum atomic E-state index is 0.461. The van der Waals surface area contributed by atoms with Gasteiger partial charge < -0.3 is 16.0 Å². The molecule has 4 rings (SSSR count). The fraction of sp³-hybridized carbons (Fsp3) is 0.462. The van der Waals surface area contributed by atoms with Gasteiger partial charge in [0.1, 0.15) is 0 Å². The second-order valence-corrected chi connectivity index (χ2v) is 4.58. The molecule has 1 atom stereocenters. The zero-order valence-electron chi connectivity index (χ0n) is 10.4. The van der Waals surface area contributed by atoms with Crippen molar-refractivity contribution in [2.45, 2.75) is 12.5 Å². The molecule has 2 saturated heterocycles. The van der Waals surface area contributed by atoms with Gasteiger partial charge in [0.2, 0.25) is 0 Å². The number of fused-ring (bicyclic) bond motifs is 2. The van der Waals surface area contributed by atoms with Crippen LogP contribution >= 0.6 is 0 Å². The molecule has 0 bridgehead atoms. The van der Waals surface area contributed by atoms with Crippen molar-refractivity contribution in [3.8, 4) is 0 Å². The number of nitrogens with zero attached hydrogens (tertiary/aromatic N) is 1. The smallest absolute Gasteiger partial charge is 0.0904 e. The van der Waals surface area contributed by atoms with Crippen molar-refractivity contribution < 1.29 is 0 Å². The van der Waals surface area contributed by atoms with Crippen LogP contribution in [0.5, 0.6) is 0 Å². The molecule has 3 heterocycles. The predicted molar refractivity (Wildman–Crippen MR) is 71.8 cm³/mol. The summed E-state index contributed by atoms with van der Waals surface area (Å²) in [6, 6.07) is 4.56. The molecule has 0 amide bonds. The van der Waals surface area contributed by atoms with Crippen LogP contribution in [0, 0.1) is 0 Å². The summed E-state index contributed by atoms with van der Waals surface area (Å²) in [5.74, 6) is 0. The van der Waals surface area contributed by atoms with Crippen molar-refractivity contribution in [1.29, 1.82) is 0 Å². The molecular formula is C13H19N5. The van der Waals surface area contributed by atoms with Crippen LogP contribution in [-0.2, 0) is 0 Å². The fourth-order valence-electron chi connectivity index (χ4n) is 2.44. The Labute approximate surface area is 106 Å². The molecule has 1 aromatic heterocycles. The summed E-state index contributed by atoms with van der Waals surface area (Å²) in [5.41, 5.74) is 1.26. The van der Waals surface area contributed by atoms with E-state index in [0.717, 1.165) is 38.2 Å². The Kier molecular flexibility index (Phi) is 3.54. The van der Waals surface area contributed by atoms with Gasteiger partial charge in [-0.25, -0.2) is 0 Å². The van der Waals surface area contributed by atoms with Crippen LogP contribution in [0.25, 0.3) is 11.8 Å². The molecule has 1 aliphatic carbocycles. The van der Waals surface area contributed by atoms with Gasteiger partial charge in [0, 0.05) is 26.0 Å². The first-order valence-corrected chi connectivity index (χ1v) is 6.49. The molecule has 2 aliphatic heterocycles. The van der Waals surface area contributed by atoms with E-state index in [-0.39, 0.29) is 0 Å². The summed E-state index contributed by atoms with van der Waals surface area (Å²) in [5, 5.41) is 15.3. The van der Waals surface area contributed by atoms with E-state index in [2.05, 4.69) is 38.4 Å². The Balaban J connectivity index is 0.000000169. The molecular weight excluding hydrogens is 226 g/mol. The first-order chi connectivity index (χ1) is 8.95. The molecule has 2 fully saturated rings. The maximum atomic E-state index is 4.39. The SMILES string of the molecule is C1=c2cccnc2=C2NCNC2C1.C1CNCN1. The molecule has 96 valence electrons. The second kappa shape index (κ2) is 5.48. The predicted octanol–water partition coefficient (Wildman–Crippen LogP) is -1.97. The zero-order chi connectivity index (χ0) is 12.2. The Morgan fingerprint density at radius 2 is 2.06 bits per heavy atom. The Bertz CT molecular complexity index is 513. The van der Waals surface area contributed by atoms with Gasteiger partial charge in [-0.05, 0) is 17.7 Å². The maximum Gasteiger partial charge on any atom is 0.0904 e. The van der Waals surface area contributed by atoms with Crippen LogP contribution in [0.3, 0.4) is 0 Å². The Hall–Kier alpha value is -1.43. The third kappa shape index (κ3) is 2.38. The molecule has 0 saturated carbocycles. The van der Waals surface area contributed by atoms with E-state index in [9.17, 15) is 0 Å². The minimum Gasteiger partial charge on any atom is -0.373 e. The Morgan fingerprint density at radius 3 is 2.83 bits per heavy atom. The molecule has 18 heavy (non-hydrogen) atoms. The summed E-state index contributed by atoms with van der Waals surface area (Å²) in [6.45, 7) is 4.14. The Morgan fingerprint density at radius 1 is 1.17 bits per heavy atom. The van der Waals surface area contributed by atoms with Crippen molar-refractivity contribution in [1.82, 2.24) is 26.3 Å². The highest BCUT2D eigenvalue weighted by Crippen LogP contribution is 2.09. The van der Waals surface area contributed by atoms with Crippen molar-refractivity contribution in [2.24, 2.45) is 0 Å². The van der Waals surface area contributed by atoms with Crippen LogP contribution in [0.4, 0.5) is 0 Å². The molecule has 5 heteroatoms. The van der Waals surface area contributed by atoms with Gasteiger partial charge in [-0.3, -0.25) is 10.3 Å². The quantitative estimate of drug-likeness (QED) is 0.427. The fourth-order valence-corrected chi connectivity index (χ4v) is 2.44. The second-order valence-electron chi connectivity index (χ2n) is 4.58. The molecule has 3 aliphatic rings. The van der Waals surface area contributed by atoms with Gasteiger partial charge in [0.25, 0.3) is 0 Å². The number of rotatable bonds is 0. The average molecular weight is 245 g/mol. The topological polar surface area (TPSA) is 61.0 Å². The van der Waals surface area contributed by atoms with Gasteiger partial charge in [0.15, 0.2) is 0 Å². The van der Waals surface area contributed by atoms with E-state index < -0.39 is 0 Å². The van der Waals surface area contributed by atoms with E-state index >= 15 is 0 Å². The zero-order valence-corrected chi connectivity index (χ0v) is 10.4. The molecule has 4 N–H and O–H groups in total. The van der Waals surface area contributed by atoms with Crippen molar-refractivity contribution in [3.63, 3.8) is 0 Å². The van der Waals surface area contributed by atoms with Crippen LogP contribution < -0.4 is 31.8 Å². The lowest BCUT2D eigenvalue weighted by molar-refractivity contribution is 0.689. The monoisotopic (exact) mass is 245 g/mol. The van der Waals surface area contributed by atoms with Crippen LogP contribution in [-0.4, -0.2) is 37.5 Å². The van der Waals surface area contributed by atoms with Crippen molar-refractivity contribution in [3.05, 3.63) is 28.9 Å². The summed E-state index contributed by atoms with van der Waals surface area (Å²) >= 11 is 0. The van der Waals surface area contributed by atoms with E-state index in [4.69, 9.17) is 0 Å². The van der Waals surface area contributed by atoms with Gasteiger partial charge >= 0.3 is 0 Å². The number of hydrogen-bond donors (Lipinski definition) is 4. The highest BCUT2D eigenvalue weighted by molar-refractivity contribution is 5.55. The summed E-state index contributed by atoms with van der Waals surface area (Å²) in [7, 11) is 0. The molecule has 0 radical (unpaired) electrons. The number of hydrogen-bond acceptors (Lipinski definition) is 5. The van der Waals surface area contributed by atoms with Crippen LogP contribution in [0.2, 0.25) is 0 Å². The summed E-state index contributed by atoms with van der Waals surface area (Å²) in [4.78, 5) is 4.39. The summed E-state index contributed by atoms with van der Waals surface area (Å²) in [6.07, 6.45) is 5.17. The maximum absolute atomic E-state index is 4.39. The molecule has 0 aromatic carbocycles. The van der Waals surface area contributed by atoms with Gasteiger partial charge in [0.05, 0.1) is 23.8 Å². The van der Waals surface area contributed by atoms with Gasteiger partial charge in [-0.1, -0.05) is 12.1 Å². The van der Waals surface area contributed by atoms with Crippen LogP contribution in [0.15, 0.2) is 18.3 Å². The largest absolute Gasteiger partial charge is 0.373 e. The lowest BCUT2D eigenvalue weighted by Crippen LogP contribution is -2.39. The number of aromatic nitrogens is 1. The highest BCUT2D eigenvalue weighted by atomic mass is 15.2. The van der Waals surface area contributed by atoms with E-state index in [1.165, 1.54) is 10.9 Å². The number of pyridine rings is 1. The van der Waals surface area contributed by atoms with E-state index in [1.54, 1.807) is 0 Å². The minimum absolute atomic E-state index is 0.461. The lowest BCUT2D eigenvalue weighted by Gasteiger charge is -2.12. The first kappa shape index (κ1) is 11.6. The molecule has 1 aromatic rings. The number of nitrogens with one attached hydrogen (secondary N) is 4. The first-order valence-electron chi connectivity index (χ1n) is 6.49. The average Bonchev–Trinajstić information content (AvgIpc) is 3.12. The third-order valence-corrected chi connectivity index (χ3v) is 3.37. The lowest BCUT2D eigenvalue weighted by atomic mass is 10.0. The summed E-state index contributed by atoms with van der Waals surface area (Å²) < 4.78 is 0. The van der Waals surface area contributed by atoms with Crippen LogP contribution in [0.1, 0.15) is 6.42 Å². The van der Waals surface area contributed by atoms with Crippen molar-refractivity contribution in [2.75, 3.05) is 26.4 Å². The van der Waals surface area contributed by atoms with Gasteiger partial charge in [-0.2, -0.15) is 0 Å². The molecule has 1 unspecified atom stereocenters. The van der Waals surface area contributed by atoms with E-state index in [0.29, 0.717) is 6.04 Å². The third-order valence-electron chi connectivity index (χ3n) is 3.37.